The van der Waals surface area contributed by atoms with E-state index in [2.05, 4.69) is 4.90 Å². The van der Waals surface area contributed by atoms with Gasteiger partial charge in [0, 0.05) is 36.8 Å². The first kappa shape index (κ1) is 16.5. The van der Waals surface area contributed by atoms with E-state index in [1.54, 1.807) is 30.3 Å². The number of benzene rings is 2. The number of hydrogen-bond acceptors (Lipinski definition) is 4. The number of halogens is 1. The molecule has 0 radical (unpaired) electrons. The number of aliphatic hydroxyl groups excluding tert-OH is 1. The van der Waals surface area contributed by atoms with E-state index in [-0.39, 0.29) is 5.69 Å². The van der Waals surface area contributed by atoms with Gasteiger partial charge in [0.25, 0.3) is 5.69 Å². The maximum Gasteiger partial charge on any atom is 0.269 e. The minimum atomic E-state index is -0.898. The van der Waals surface area contributed by atoms with Crippen molar-refractivity contribution in [1.82, 2.24) is 4.90 Å². The van der Waals surface area contributed by atoms with Crippen LogP contribution in [-0.4, -0.2) is 27.5 Å². The summed E-state index contributed by atoms with van der Waals surface area (Å²) in [5, 5.41) is 21.1. The molecule has 2 aromatic carbocycles. The molecule has 3 rings (SSSR count). The summed E-state index contributed by atoms with van der Waals surface area (Å²) in [6.07, 6.45) is 1.21. The molecule has 126 valence electrons. The number of nitro benzene ring substituents is 1. The monoisotopic (exact) mass is 330 g/mol. The van der Waals surface area contributed by atoms with Crippen LogP contribution in [0.3, 0.4) is 0 Å². The van der Waals surface area contributed by atoms with Crippen LogP contribution in [0.4, 0.5) is 10.1 Å². The average Bonchev–Trinajstić information content (AvgIpc) is 3.40. The molecule has 0 heterocycles. The number of non-ortho nitro benzene ring substituents is 1. The van der Waals surface area contributed by atoms with Crippen molar-refractivity contribution in [2.45, 2.75) is 31.5 Å². The third-order valence-corrected chi connectivity index (χ3v) is 4.27. The predicted molar refractivity (Wildman–Crippen MR) is 87.9 cm³/mol. The Morgan fingerprint density at radius 1 is 1.21 bits per heavy atom. The molecule has 24 heavy (non-hydrogen) atoms. The van der Waals surface area contributed by atoms with Gasteiger partial charge in [-0.1, -0.05) is 30.3 Å². The van der Waals surface area contributed by atoms with Crippen molar-refractivity contribution in [2.75, 3.05) is 6.54 Å². The predicted octanol–water partition coefficient (Wildman–Crippen LogP) is 3.43. The van der Waals surface area contributed by atoms with Crippen molar-refractivity contribution in [3.8, 4) is 0 Å². The summed E-state index contributed by atoms with van der Waals surface area (Å²) in [6.45, 7) is 0.913. The third-order valence-electron chi connectivity index (χ3n) is 4.27. The van der Waals surface area contributed by atoms with Crippen LogP contribution in [-0.2, 0) is 6.54 Å². The molecule has 1 N–H and O–H groups in total. The highest BCUT2D eigenvalue weighted by Crippen LogP contribution is 2.31. The van der Waals surface area contributed by atoms with E-state index in [0.29, 0.717) is 24.7 Å². The van der Waals surface area contributed by atoms with Crippen LogP contribution in [0.15, 0.2) is 48.5 Å². The fourth-order valence-corrected chi connectivity index (χ4v) is 2.81. The third kappa shape index (κ3) is 3.96. The van der Waals surface area contributed by atoms with Crippen molar-refractivity contribution < 1.29 is 14.4 Å². The molecule has 0 saturated heterocycles. The standard InChI is InChI=1S/C18H19FN2O3/c19-17-4-2-1-3-16(17)18(22)12-20(14-9-10-14)11-13-5-7-15(8-6-13)21(23)24/h1-8,14,18,22H,9-12H2. The van der Waals surface area contributed by atoms with Gasteiger partial charge in [-0.25, -0.2) is 4.39 Å². The summed E-state index contributed by atoms with van der Waals surface area (Å²) >= 11 is 0. The van der Waals surface area contributed by atoms with Crippen molar-refractivity contribution in [1.29, 1.82) is 0 Å². The summed E-state index contributed by atoms with van der Waals surface area (Å²) in [5.41, 5.74) is 1.29. The van der Waals surface area contributed by atoms with Gasteiger partial charge in [0.2, 0.25) is 0 Å². The van der Waals surface area contributed by atoms with E-state index in [9.17, 15) is 19.6 Å². The Bertz CT molecular complexity index is 716. The fourth-order valence-electron chi connectivity index (χ4n) is 2.81. The zero-order valence-corrected chi connectivity index (χ0v) is 13.1. The van der Waals surface area contributed by atoms with E-state index in [4.69, 9.17) is 0 Å². The first-order valence-corrected chi connectivity index (χ1v) is 7.94. The molecule has 0 bridgehead atoms. The number of nitrogens with zero attached hydrogens (tertiary/aromatic N) is 2. The second-order valence-corrected chi connectivity index (χ2v) is 6.12. The highest BCUT2D eigenvalue weighted by Gasteiger charge is 2.31. The number of aliphatic hydroxyl groups is 1. The van der Waals surface area contributed by atoms with E-state index >= 15 is 0 Å². The lowest BCUT2D eigenvalue weighted by Gasteiger charge is -2.25. The molecule has 1 atom stereocenters. The smallest absolute Gasteiger partial charge is 0.269 e. The minimum absolute atomic E-state index is 0.0584. The highest BCUT2D eigenvalue weighted by atomic mass is 19.1. The molecule has 0 aromatic heterocycles. The number of rotatable bonds is 7. The zero-order chi connectivity index (χ0) is 17.1. The maximum absolute atomic E-state index is 13.8. The second kappa shape index (κ2) is 7.07. The van der Waals surface area contributed by atoms with Gasteiger partial charge in [-0.15, -0.1) is 0 Å². The molecular weight excluding hydrogens is 311 g/mol. The molecule has 0 aliphatic heterocycles. The molecule has 1 aliphatic rings. The molecular formula is C18H19FN2O3. The van der Waals surface area contributed by atoms with E-state index in [1.165, 1.54) is 18.2 Å². The Morgan fingerprint density at radius 3 is 2.46 bits per heavy atom. The largest absolute Gasteiger partial charge is 0.387 e. The SMILES string of the molecule is O=[N+]([O-])c1ccc(CN(CC(O)c2ccccc2F)C2CC2)cc1. The molecule has 1 unspecified atom stereocenters. The normalized spacial score (nSPS) is 15.5. The first-order valence-electron chi connectivity index (χ1n) is 7.94. The summed E-state index contributed by atoms with van der Waals surface area (Å²) < 4.78 is 13.8. The minimum Gasteiger partial charge on any atom is -0.387 e. The molecule has 5 nitrogen and oxygen atoms in total. The van der Waals surface area contributed by atoms with E-state index in [1.807, 2.05) is 0 Å². The van der Waals surface area contributed by atoms with Crippen LogP contribution in [0.1, 0.15) is 30.1 Å². The topological polar surface area (TPSA) is 66.6 Å². The van der Waals surface area contributed by atoms with Crippen LogP contribution in [0, 0.1) is 15.9 Å². The summed E-state index contributed by atoms with van der Waals surface area (Å²) in [7, 11) is 0. The van der Waals surface area contributed by atoms with Crippen LogP contribution in [0.25, 0.3) is 0 Å². The molecule has 2 aromatic rings. The van der Waals surface area contributed by atoms with Gasteiger partial charge in [0.05, 0.1) is 11.0 Å². The molecule has 1 saturated carbocycles. The lowest BCUT2D eigenvalue weighted by molar-refractivity contribution is -0.384. The van der Waals surface area contributed by atoms with Gasteiger partial charge in [-0.05, 0) is 24.5 Å². The Morgan fingerprint density at radius 2 is 1.88 bits per heavy atom. The summed E-state index contributed by atoms with van der Waals surface area (Å²) in [6, 6.07) is 13.0. The van der Waals surface area contributed by atoms with Gasteiger partial charge >= 0.3 is 0 Å². The lowest BCUT2D eigenvalue weighted by Crippen LogP contribution is -2.30. The average molecular weight is 330 g/mol. The zero-order valence-electron chi connectivity index (χ0n) is 13.1. The van der Waals surface area contributed by atoms with Crippen LogP contribution in [0.5, 0.6) is 0 Å². The second-order valence-electron chi connectivity index (χ2n) is 6.12. The molecule has 1 aliphatic carbocycles. The molecule has 0 amide bonds. The molecule has 0 spiro atoms. The quantitative estimate of drug-likeness (QED) is 0.624. The Kier molecular flexibility index (Phi) is 4.87. The van der Waals surface area contributed by atoms with Gasteiger partial charge < -0.3 is 5.11 Å². The fraction of sp³-hybridized carbons (Fsp3) is 0.333. The van der Waals surface area contributed by atoms with Gasteiger partial charge in [0.15, 0.2) is 0 Å². The number of nitro groups is 1. The van der Waals surface area contributed by atoms with Gasteiger partial charge in [0.1, 0.15) is 5.82 Å². The molecule has 1 fully saturated rings. The highest BCUT2D eigenvalue weighted by molar-refractivity contribution is 5.33. The van der Waals surface area contributed by atoms with Crippen molar-refractivity contribution in [2.24, 2.45) is 0 Å². The molecule has 6 heteroatoms. The van der Waals surface area contributed by atoms with Crippen molar-refractivity contribution in [3.05, 3.63) is 75.6 Å². The number of hydrogen-bond donors (Lipinski definition) is 1. The van der Waals surface area contributed by atoms with Gasteiger partial charge in [-0.3, -0.25) is 15.0 Å². The summed E-state index contributed by atoms with van der Waals surface area (Å²) in [4.78, 5) is 12.4. The first-order chi connectivity index (χ1) is 11.5. The van der Waals surface area contributed by atoms with E-state index < -0.39 is 16.8 Å². The van der Waals surface area contributed by atoms with Gasteiger partial charge in [-0.2, -0.15) is 0 Å². The van der Waals surface area contributed by atoms with Crippen molar-refractivity contribution in [3.63, 3.8) is 0 Å². The Labute approximate surface area is 139 Å². The van der Waals surface area contributed by atoms with E-state index in [0.717, 1.165) is 18.4 Å². The van der Waals surface area contributed by atoms with Crippen LogP contribution in [0.2, 0.25) is 0 Å². The Hall–Kier alpha value is -2.31. The van der Waals surface area contributed by atoms with Crippen molar-refractivity contribution >= 4 is 5.69 Å². The summed E-state index contributed by atoms with van der Waals surface area (Å²) in [5.74, 6) is -0.406. The lowest BCUT2D eigenvalue weighted by atomic mass is 10.1. The Balaban J connectivity index is 1.69. The van der Waals surface area contributed by atoms with Crippen LogP contribution >= 0.6 is 0 Å². The van der Waals surface area contributed by atoms with Crippen LogP contribution < -0.4 is 0 Å². The maximum atomic E-state index is 13.8.